The highest BCUT2D eigenvalue weighted by Crippen LogP contribution is 2.04. The molecule has 0 aliphatic carbocycles. The number of rotatable bonds is 5. The molecule has 0 saturated carbocycles. The van der Waals surface area contributed by atoms with Gasteiger partial charge in [0.2, 0.25) is 0 Å². The summed E-state index contributed by atoms with van der Waals surface area (Å²) < 4.78 is 0. The minimum atomic E-state index is 0.424. The van der Waals surface area contributed by atoms with E-state index in [4.69, 9.17) is 10.1 Å². The van der Waals surface area contributed by atoms with Gasteiger partial charge in [-0.1, -0.05) is 36.4 Å². The maximum absolute atomic E-state index is 8.87. The van der Waals surface area contributed by atoms with E-state index < -0.39 is 0 Å². The Bertz CT molecular complexity index is 534. The van der Waals surface area contributed by atoms with Crippen molar-refractivity contribution in [2.75, 3.05) is 0 Å². The van der Waals surface area contributed by atoms with Gasteiger partial charge in [0, 0.05) is 18.3 Å². The zero-order valence-corrected chi connectivity index (χ0v) is 9.84. The van der Waals surface area contributed by atoms with Crippen LogP contribution in [0.4, 0.5) is 0 Å². The highest BCUT2D eigenvalue weighted by molar-refractivity contribution is 5.30. The molecule has 2 aromatic rings. The van der Waals surface area contributed by atoms with Crippen LogP contribution in [0.5, 0.6) is 0 Å². The Balaban J connectivity index is 1.81. The van der Waals surface area contributed by atoms with Crippen LogP contribution < -0.4 is 5.48 Å². The topological polar surface area (TPSA) is 57.9 Å². The molecule has 0 fully saturated rings. The lowest BCUT2D eigenvalue weighted by atomic mass is 10.2. The minimum Gasteiger partial charge on any atom is -0.297 e. The quantitative estimate of drug-likeness (QED) is 0.641. The fourth-order valence-electron chi connectivity index (χ4n) is 1.52. The normalized spacial score (nSPS) is 9.94. The van der Waals surface area contributed by atoms with Crippen molar-refractivity contribution >= 4 is 0 Å². The molecular weight excluding hydrogens is 226 g/mol. The van der Waals surface area contributed by atoms with Crippen molar-refractivity contribution in [1.29, 1.82) is 5.26 Å². The third kappa shape index (κ3) is 3.39. The molecule has 90 valence electrons. The molecule has 1 N–H and O–H groups in total. The maximum atomic E-state index is 8.87. The van der Waals surface area contributed by atoms with E-state index in [1.807, 2.05) is 42.5 Å². The second-order valence-electron chi connectivity index (χ2n) is 3.72. The summed E-state index contributed by atoms with van der Waals surface area (Å²) in [5.41, 5.74) is 5.18. The number of hydrogen-bond acceptors (Lipinski definition) is 4. The lowest BCUT2D eigenvalue weighted by Gasteiger charge is -2.06. The second-order valence-corrected chi connectivity index (χ2v) is 3.72. The average molecular weight is 239 g/mol. The summed E-state index contributed by atoms with van der Waals surface area (Å²) in [6.07, 6.45) is 1.60. The van der Waals surface area contributed by atoms with Crippen LogP contribution in [0.1, 0.15) is 16.8 Å². The van der Waals surface area contributed by atoms with E-state index in [0.717, 1.165) is 11.1 Å². The van der Waals surface area contributed by atoms with Gasteiger partial charge in [-0.05, 0) is 11.6 Å². The number of benzene rings is 1. The summed E-state index contributed by atoms with van der Waals surface area (Å²) >= 11 is 0. The first kappa shape index (κ1) is 12.2. The van der Waals surface area contributed by atoms with Gasteiger partial charge in [-0.3, -0.25) is 4.84 Å². The van der Waals surface area contributed by atoms with Gasteiger partial charge in [0.25, 0.3) is 0 Å². The van der Waals surface area contributed by atoms with Crippen molar-refractivity contribution in [3.05, 3.63) is 65.5 Å². The Labute approximate surface area is 106 Å². The number of hydroxylamine groups is 1. The zero-order chi connectivity index (χ0) is 12.6. The van der Waals surface area contributed by atoms with E-state index >= 15 is 0 Å². The Kier molecular flexibility index (Phi) is 4.42. The first-order valence-electron chi connectivity index (χ1n) is 5.62. The van der Waals surface area contributed by atoms with Gasteiger partial charge in [-0.2, -0.15) is 10.7 Å². The van der Waals surface area contributed by atoms with Crippen molar-refractivity contribution in [2.24, 2.45) is 0 Å². The van der Waals surface area contributed by atoms with E-state index in [-0.39, 0.29) is 0 Å². The van der Waals surface area contributed by atoms with E-state index in [2.05, 4.69) is 10.5 Å². The van der Waals surface area contributed by atoms with Gasteiger partial charge in [0.1, 0.15) is 11.8 Å². The van der Waals surface area contributed by atoms with E-state index in [0.29, 0.717) is 18.8 Å². The Morgan fingerprint density at radius 2 is 2.00 bits per heavy atom. The summed E-state index contributed by atoms with van der Waals surface area (Å²) in [6, 6.07) is 15.6. The van der Waals surface area contributed by atoms with Crippen LogP contribution in [0, 0.1) is 11.3 Å². The largest absolute Gasteiger partial charge is 0.297 e. The van der Waals surface area contributed by atoms with Crippen LogP contribution in [-0.2, 0) is 18.0 Å². The van der Waals surface area contributed by atoms with Gasteiger partial charge in [-0.25, -0.2) is 4.98 Å². The average Bonchev–Trinajstić information content (AvgIpc) is 2.45. The van der Waals surface area contributed by atoms with Crippen molar-refractivity contribution in [1.82, 2.24) is 10.5 Å². The molecule has 18 heavy (non-hydrogen) atoms. The first-order chi connectivity index (χ1) is 8.90. The molecule has 1 aromatic carbocycles. The van der Waals surface area contributed by atoms with Crippen molar-refractivity contribution in [3.8, 4) is 6.07 Å². The van der Waals surface area contributed by atoms with Crippen molar-refractivity contribution < 1.29 is 4.84 Å². The second kappa shape index (κ2) is 6.50. The SMILES string of the molecule is N#Cc1ncccc1CNOCc1ccccc1. The molecule has 0 atom stereocenters. The van der Waals surface area contributed by atoms with Crippen LogP contribution in [0.15, 0.2) is 48.7 Å². The van der Waals surface area contributed by atoms with E-state index in [1.54, 1.807) is 12.3 Å². The zero-order valence-electron chi connectivity index (χ0n) is 9.84. The Morgan fingerprint density at radius 1 is 1.17 bits per heavy atom. The third-order valence-electron chi connectivity index (χ3n) is 2.44. The molecule has 4 heteroatoms. The Morgan fingerprint density at radius 3 is 2.78 bits per heavy atom. The monoisotopic (exact) mass is 239 g/mol. The molecule has 0 bridgehead atoms. The van der Waals surface area contributed by atoms with E-state index in [1.165, 1.54) is 0 Å². The number of pyridine rings is 1. The molecule has 0 spiro atoms. The number of hydrogen-bond donors (Lipinski definition) is 1. The van der Waals surface area contributed by atoms with Crippen molar-refractivity contribution in [3.63, 3.8) is 0 Å². The highest BCUT2D eigenvalue weighted by atomic mass is 16.6. The van der Waals surface area contributed by atoms with Crippen LogP contribution in [-0.4, -0.2) is 4.98 Å². The first-order valence-corrected chi connectivity index (χ1v) is 5.62. The van der Waals surface area contributed by atoms with E-state index in [9.17, 15) is 0 Å². The molecular formula is C14H13N3O. The van der Waals surface area contributed by atoms with Crippen LogP contribution in [0.3, 0.4) is 0 Å². The minimum absolute atomic E-state index is 0.424. The molecule has 0 amide bonds. The molecule has 0 aliphatic heterocycles. The fourth-order valence-corrected chi connectivity index (χ4v) is 1.52. The van der Waals surface area contributed by atoms with Crippen LogP contribution >= 0.6 is 0 Å². The van der Waals surface area contributed by atoms with Crippen LogP contribution in [0.2, 0.25) is 0 Å². The molecule has 0 radical (unpaired) electrons. The molecule has 0 aliphatic rings. The van der Waals surface area contributed by atoms with Gasteiger partial charge in [-0.15, -0.1) is 0 Å². The van der Waals surface area contributed by atoms with Gasteiger partial charge in [0.15, 0.2) is 0 Å². The highest BCUT2D eigenvalue weighted by Gasteiger charge is 2.01. The molecule has 0 unspecified atom stereocenters. The lowest BCUT2D eigenvalue weighted by Crippen LogP contribution is -2.15. The smallest absolute Gasteiger partial charge is 0.144 e. The number of nitriles is 1. The maximum Gasteiger partial charge on any atom is 0.144 e. The summed E-state index contributed by atoms with van der Waals surface area (Å²) in [5, 5.41) is 8.87. The molecule has 0 saturated heterocycles. The fraction of sp³-hybridized carbons (Fsp3) is 0.143. The lowest BCUT2D eigenvalue weighted by molar-refractivity contribution is 0.0234. The summed E-state index contributed by atoms with van der Waals surface area (Å²) in [4.78, 5) is 9.31. The Hall–Kier alpha value is -2.22. The standard InChI is InChI=1S/C14H13N3O/c15-9-14-13(7-4-8-16-14)10-17-18-11-12-5-2-1-3-6-12/h1-8,17H,10-11H2. The van der Waals surface area contributed by atoms with Gasteiger partial charge >= 0.3 is 0 Å². The molecule has 2 rings (SSSR count). The molecule has 4 nitrogen and oxygen atoms in total. The molecule has 1 heterocycles. The summed E-state index contributed by atoms with van der Waals surface area (Å²) in [6.45, 7) is 0.951. The van der Waals surface area contributed by atoms with Crippen molar-refractivity contribution in [2.45, 2.75) is 13.2 Å². The third-order valence-corrected chi connectivity index (χ3v) is 2.44. The number of aromatic nitrogens is 1. The molecule has 1 aromatic heterocycles. The number of nitrogens with zero attached hydrogens (tertiary/aromatic N) is 2. The predicted octanol–water partition coefficient (Wildman–Crippen LogP) is 2.17. The predicted molar refractivity (Wildman–Crippen MR) is 67.0 cm³/mol. The summed E-state index contributed by atoms with van der Waals surface area (Å²) in [5.74, 6) is 0. The number of nitrogens with one attached hydrogen (secondary N) is 1. The van der Waals surface area contributed by atoms with Crippen LogP contribution in [0.25, 0.3) is 0 Å². The van der Waals surface area contributed by atoms with Gasteiger partial charge in [0.05, 0.1) is 6.61 Å². The van der Waals surface area contributed by atoms with Gasteiger partial charge < -0.3 is 0 Å². The summed E-state index contributed by atoms with van der Waals surface area (Å²) in [7, 11) is 0.